The molecular weight excluding hydrogens is 258 g/mol. The van der Waals surface area contributed by atoms with Crippen molar-refractivity contribution < 1.29 is 14.4 Å². The van der Waals surface area contributed by atoms with Gasteiger partial charge in [0, 0.05) is 18.0 Å². The smallest absolute Gasteiger partial charge is 0.320 e. The third-order valence-corrected chi connectivity index (χ3v) is 2.99. The van der Waals surface area contributed by atoms with Crippen LogP contribution in [-0.2, 0) is 5.41 Å². The highest BCUT2D eigenvalue weighted by atomic mass is 16.5. The van der Waals surface area contributed by atoms with E-state index in [0.29, 0.717) is 24.5 Å². The molecule has 114 valence electrons. The minimum atomic E-state index is -0.408. The molecule has 0 saturated heterocycles. The van der Waals surface area contributed by atoms with Crippen LogP contribution in [0.1, 0.15) is 46.8 Å². The number of urea groups is 1. The molecule has 0 fully saturated rings. The van der Waals surface area contributed by atoms with Gasteiger partial charge in [0.15, 0.2) is 5.82 Å². The number of aromatic nitrogens is 1. The zero-order chi connectivity index (χ0) is 15.3. The van der Waals surface area contributed by atoms with Gasteiger partial charge in [0.2, 0.25) is 0 Å². The fraction of sp³-hybridized carbons (Fsp3) is 0.714. The lowest BCUT2D eigenvalue weighted by Gasteiger charge is -2.14. The second-order valence-corrected chi connectivity index (χ2v) is 6.31. The number of amides is 2. The Hall–Kier alpha value is -1.56. The monoisotopic (exact) mass is 283 g/mol. The molecule has 0 radical (unpaired) electrons. The summed E-state index contributed by atoms with van der Waals surface area (Å²) >= 11 is 0. The van der Waals surface area contributed by atoms with Crippen LogP contribution in [0.4, 0.5) is 10.6 Å². The molecule has 0 aliphatic heterocycles. The van der Waals surface area contributed by atoms with Crippen LogP contribution in [0.15, 0.2) is 10.6 Å². The lowest BCUT2D eigenvalue weighted by atomic mass is 9.93. The third kappa shape index (κ3) is 5.21. The van der Waals surface area contributed by atoms with Crippen molar-refractivity contribution in [3.8, 4) is 0 Å². The molecule has 1 atom stereocenters. The Morgan fingerprint density at radius 3 is 2.60 bits per heavy atom. The van der Waals surface area contributed by atoms with E-state index in [0.717, 1.165) is 0 Å². The van der Waals surface area contributed by atoms with Crippen LogP contribution in [0.2, 0.25) is 0 Å². The number of nitrogens with zero attached hydrogens (tertiary/aromatic N) is 1. The first-order valence-corrected chi connectivity index (χ1v) is 6.90. The standard InChI is InChI=1S/C14H25N3O3/c1-9(2)10(18)6-7-15-13(19)16-12-8-11(20-17-12)14(3,4)5/h8-10,18H,6-7H2,1-5H3,(H2,15,16,17,19). The SMILES string of the molecule is CC(C)C(O)CCNC(=O)Nc1cc(C(C)(C)C)on1. The summed E-state index contributed by atoms with van der Waals surface area (Å²) in [6.45, 7) is 10.3. The molecule has 1 aromatic heterocycles. The molecular formula is C14H25N3O3. The summed E-state index contributed by atoms with van der Waals surface area (Å²) in [6, 6.07) is 1.36. The molecule has 3 N–H and O–H groups in total. The van der Waals surface area contributed by atoms with Crippen molar-refractivity contribution in [2.24, 2.45) is 5.92 Å². The average Bonchev–Trinajstić information content (AvgIpc) is 2.76. The Morgan fingerprint density at radius 2 is 2.10 bits per heavy atom. The predicted octanol–water partition coefficient (Wildman–Crippen LogP) is 2.50. The first-order valence-electron chi connectivity index (χ1n) is 6.90. The molecule has 1 unspecified atom stereocenters. The highest BCUT2D eigenvalue weighted by Crippen LogP contribution is 2.24. The Kier molecular flexibility index (Phi) is 5.56. The number of carbonyl (C=O) groups excluding carboxylic acids is 1. The molecule has 0 spiro atoms. The maximum atomic E-state index is 11.6. The van der Waals surface area contributed by atoms with Crippen LogP contribution in [0.5, 0.6) is 0 Å². The molecule has 0 aliphatic rings. The molecule has 0 bridgehead atoms. The number of hydrogen-bond acceptors (Lipinski definition) is 4. The minimum Gasteiger partial charge on any atom is -0.393 e. The number of rotatable bonds is 5. The van der Waals surface area contributed by atoms with E-state index in [1.165, 1.54) is 0 Å². The third-order valence-electron chi connectivity index (χ3n) is 2.99. The predicted molar refractivity (Wildman–Crippen MR) is 77.7 cm³/mol. The largest absolute Gasteiger partial charge is 0.393 e. The Bertz CT molecular complexity index is 435. The highest BCUT2D eigenvalue weighted by molar-refractivity contribution is 5.88. The first-order chi connectivity index (χ1) is 9.20. The van der Waals surface area contributed by atoms with Crippen molar-refractivity contribution in [2.75, 3.05) is 11.9 Å². The number of carbonyl (C=O) groups is 1. The summed E-state index contributed by atoms with van der Waals surface area (Å²) in [6.07, 6.45) is 0.117. The molecule has 2 amide bonds. The van der Waals surface area contributed by atoms with Crippen molar-refractivity contribution in [2.45, 2.75) is 52.6 Å². The van der Waals surface area contributed by atoms with Crippen LogP contribution in [0, 0.1) is 5.92 Å². The van der Waals surface area contributed by atoms with E-state index in [2.05, 4.69) is 15.8 Å². The quantitative estimate of drug-likeness (QED) is 0.774. The molecule has 0 aromatic carbocycles. The average molecular weight is 283 g/mol. The van der Waals surface area contributed by atoms with E-state index in [-0.39, 0.29) is 17.4 Å². The normalized spacial score (nSPS) is 13.3. The van der Waals surface area contributed by atoms with Gasteiger partial charge >= 0.3 is 6.03 Å². The van der Waals surface area contributed by atoms with Gasteiger partial charge in [-0.2, -0.15) is 0 Å². The van der Waals surface area contributed by atoms with Gasteiger partial charge in [-0.05, 0) is 12.3 Å². The summed E-state index contributed by atoms with van der Waals surface area (Å²) in [5.74, 6) is 1.28. The van der Waals surface area contributed by atoms with E-state index in [4.69, 9.17) is 4.52 Å². The Morgan fingerprint density at radius 1 is 1.45 bits per heavy atom. The molecule has 6 heteroatoms. The summed E-state index contributed by atoms with van der Waals surface area (Å²) in [4.78, 5) is 11.6. The van der Waals surface area contributed by atoms with E-state index < -0.39 is 6.10 Å². The number of aliphatic hydroxyl groups is 1. The summed E-state index contributed by atoms with van der Waals surface area (Å²) in [5, 5.41) is 18.7. The van der Waals surface area contributed by atoms with Crippen molar-refractivity contribution in [1.82, 2.24) is 10.5 Å². The molecule has 0 saturated carbocycles. The van der Waals surface area contributed by atoms with Gasteiger partial charge in [-0.15, -0.1) is 0 Å². The minimum absolute atomic E-state index is 0.148. The summed E-state index contributed by atoms with van der Waals surface area (Å²) < 4.78 is 5.17. The van der Waals surface area contributed by atoms with Crippen molar-refractivity contribution in [3.63, 3.8) is 0 Å². The first kappa shape index (κ1) is 16.5. The van der Waals surface area contributed by atoms with Crippen LogP contribution in [-0.4, -0.2) is 28.9 Å². The number of hydrogen-bond donors (Lipinski definition) is 3. The zero-order valence-electron chi connectivity index (χ0n) is 12.9. The van der Waals surface area contributed by atoms with E-state index in [1.807, 2.05) is 34.6 Å². The fourth-order valence-corrected chi connectivity index (χ4v) is 1.52. The molecule has 20 heavy (non-hydrogen) atoms. The fourth-order valence-electron chi connectivity index (χ4n) is 1.52. The van der Waals surface area contributed by atoms with E-state index in [1.54, 1.807) is 6.07 Å². The Labute approximate surface area is 119 Å². The molecule has 1 rings (SSSR count). The van der Waals surface area contributed by atoms with Crippen molar-refractivity contribution in [3.05, 3.63) is 11.8 Å². The van der Waals surface area contributed by atoms with Crippen LogP contribution >= 0.6 is 0 Å². The maximum Gasteiger partial charge on any atom is 0.320 e. The number of aliphatic hydroxyl groups excluding tert-OH is 1. The second kappa shape index (κ2) is 6.74. The number of anilines is 1. The molecule has 6 nitrogen and oxygen atoms in total. The van der Waals surface area contributed by atoms with Gasteiger partial charge in [-0.3, -0.25) is 5.32 Å². The summed E-state index contributed by atoms with van der Waals surface area (Å²) in [5.41, 5.74) is -0.148. The van der Waals surface area contributed by atoms with Gasteiger partial charge in [0.05, 0.1) is 6.10 Å². The molecule has 0 aliphatic carbocycles. The van der Waals surface area contributed by atoms with E-state index in [9.17, 15) is 9.90 Å². The van der Waals surface area contributed by atoms with Gasteiger partial charge < -0.3 is 14.9 Å². The van der Waals surface area contributed by atoms with Crippen LogP contribution < -0.4 is 10.6 Å². The zero-order valence-corrected chi connectivity index (χ0v) is 12.9. The molecule has 1 heterocycles. The van der Waals surface area contributed by atoms with Crippen LogP contribution in [0.3, 0.4) is 0 Å². The van der Waals surface area contributed by atoms with Gasteiger partial charge in [-0.25, -0.2) is 4.79 Å². The highest BCUT2D eigenvalue weighted by Gasteiger charge is 2.20. The van der Waals surface area contributed by atoms with Gasteiger partial charge in [0.25, 0.3) is 0 Å². The Balaban J connectivity index is 2.38. The lowest BCUT2D eigenvalue weighted by Crippen LogP contribution is -2.32. The summed E-state index contributed by atoms with van der Waals surface area (Å²) in [7, 11) is 0. The second-order valence-electron chi connectivity index (χ2n) is 6.31. The maximum absolute atomic E-state index is 11.6. The van der Waals surface area contributed by atoms with Crippen molar-refractivity contribution >= 4 is 11.8 Å². The van der Waals surface area contributed by atoms with Crippen molar-refractivity contribution in [1.29, 1.82) is 0 Å². The van der Waals surface area contributed by atoms with Gasteiger partial charge in [0.1, 0.15) is 5.76 Å². The molecule has 1 aromatic rings. The lowest BCUT2D eigenvalue weighted by molar-refractivity contribution is 0.117. The number of nitrogens with one attached hydrogen (secondary N) is 2. The van der Waals surface area contributed by atoms with E-state index >= 15 is 0 Å². The topological polar surface area (TPSA) is 87.4 Å². The van der Waals surface area contributed by atoms with Gasteiger partial charge in [-0.1, -0.05) is 39.8 Å². The van der Waals surface area contributed by atoms with Crippen LogP contribution in [0.25, 0.3) is 0 Å².